The van der Waals surface area contributed by atoms with Crippen LogP contribution in [0.3, 0.4) is 0 Å². The summed E-state index contributed by atoms with van der Waals surface area (Å²) >= 11 is 0. The third-order valence-electron chi connectivity index (χ3n) is 3.93. The van der Waals surface area contributed by atoms with Crippen molar-refractivity contribution in [1.82, 2.24) is 14.1 Å². The van der Waals surface area contributed by atoms with Crippen molar-refractivity contribution in [3.05, 3.63) is 59.8 Å². The fourth-order valence-corrected chi connectivity index (χ4v) is 3.48. The maximum absolute atomic E-state index is 12.1. The monoisotopic (exact) mass is 358 g/mol. The summed E-state index contributed by atoms with van der Waals surface area (Å²) in [6.07, 6.45) is 0. The molecular weight excluding hydrogens is 340 g/mol. The Bertz CT molecular complexity index is 1040. The number of benzene rings is 2. The number of hydrogen-bond donors (Lipinski definition) is 1. The molecule has 2 aromatic carbocycles. The summed E-state index contributed by atoms with van der Waals surface area (Å²) in [7, 11) is -0.477. The Balaban J connectivity index is 1.96. The van der Waals surface area contributed by atoms with E-state index in [-0.39, 0.29) is 10.6 Å². The van der Waals surface area contributed by atoms with Crippen LogP contribution in [-0.2, 0) is 16.6 Å². The molecule has 0 aliphatic heterocycles. The van der Waals surface area contributed by atoms with Crippen molar-refractivity contribution >= 4 is 26.8 Å². The van der Waals surface area contributed by atoms with E-state index in [0.717, 1.165) is 11.1 Å². The van der Waals surface area contributed by atoms with Crippen LogP contribution in [0.1, 0.15) is 16.1 Å². The number of amides is 1. The van der Waals surface area contributed by atoms with Crippen molar-refractivity contribution in [3.8, 4) is 0 Å². The number of carbonyl (C=O) groups is 1. The van der Waals surface area contributed by atoms with Crippen LogP contribution in [0.25, 0.3) is 10.9 Å². The minimum absolute atomic E-state index is 0.224. The molecule has 0 unspecified atom stereocenters. The largest absolute Gasteiger partial charge is 0.364 e. The molecule has 1 heterocycles. The number of aromatic nitrogens is 2. The number of nitrogens with two attached hydrogens (primary N) is 1. The average molecular weight is 358 g/mol. The Morgan fingerprint density at radius 3 is 2.36 bits per heavy atom. The maximum Gasteiger partial charge on any atom is 0.269 e. The average Bonchev–Trinajstić information content (AvgIpc) is 2.94. The first-order valence-electron chi connectivity index (χ1n) is 7.57. The van der Waals surface area contributed by atoms with Gasteiger partial charge in [-0.25, -0.2) is 12.7 Å². The fraction of sp³-hybridized carbons (Fsp3) is 0.176. The van der Waals surface area contributed by atoms with Gasteiger partial charge < -0.3 is 5.73 Å². The number of carbonyl (C=O) groups excluding carboxylic acids is 1. The van der Waals surface area contributed by atoms with Crippen LogP contribution < -0.4 is 5.73 Å². The number of fused-ring (bicyclic) bond motifs is 1. The van der Waals surface area contributed by atoms with Gasteiger partial charge in [0.2, 0.25) is 10.0 Å². The molecule has 7 nitrogen and oxygen atoms in total. The minimum Gasteiger partial charge on any atom is -0.364 e. The zero-order valence-electron chi connectivity index (χ0n) is 13.9. The molecule has 0 aliphatic carbocycles. The summed E-state index contributed by atoms with van der Waals surface area (Å²) in [4.78, 5) is 11.8. The topological polar surface area (TPSA) is 98.3 Å². The van der Waals surface area contributed by atoms with Crippen molar-refractivity contribution in [1.29, 1.82) is 0 Å². The van der Waals surface area contributed by atoms with E-state index >= 15 is 0 Å². The van der Waals surface area contributed by atoms with Crippen molar-refractivity contribution in [2.45, 2.75) is 11.4 Å². The van der Waals surface area contributed by atoms with Gasteiger partial charge in [0.05, 0.1) is 17.0 Å². The van der Waals surface area contributed by atoms with E-state index < -0.39 is 15.9 Å². The van der Waals surface area contributed by atoms with E-state index in [0.29, 0.717) is 11.9 Å². The number of nitrogens with zero attached hydrogens (tertiary/aromatic N) is 3. The molecule has 0 saturated heterocycles. The summed E-state index contributed by atoms with van der Waals surface area (Å²) in [5.41, 5.74) is 7.28. The van der Waals surface area contributed by atoms with E-state index in [1.807, 2.05) is 18.2 Å². The predicted octanol–water partition coefficient (Wildman–Crippen LogP) is 1.43. The van der Waals surface area contributed by atoms with Crippen molar-refractivity contribution < 1.29 is 13.2 Å². The lowest BCUT2D eigenvalue weighted by Gasteiger charge is -2.11. The van der Waals surface area contributed by atoms with Gasteiger partial charge in [-0.1, -0.05) is 30.3 Å². The number of sulfonamides is 1. The molecule has 0 saturated carbocycles. The molecule has 0 radical (unpaired) electrons. The molecule has 0 bridgehead atoms. The molecule has 2 N–H and O–H groups in total. The lowest BCUT2D eigenvalue weighted by Crippen LogP contribution is -2.22. The van der Waals surface area contributed by atoms with Crippen LogP contribution in [0.15, 0.2) is 53.4 Å². The highest BCUT2D eigenvalue weighted by molar-refractivity contribution is 7.89. The highest BCUT2D eigenvalue weighted by atomic mass is 32.2. The van der Waals surface area contributed by atoms with Gasteiger partial charge in [-0.3, -0.25) is 9.48 Å². The number of hydrogen-bond acceptors (Lipinski definition) is 4. The lowest BCUT2D eigenvalue weighted by atomic mass is 10.2. The van der Waals surface area contributed by atoms with Crippen LogP contribution in [0.5, 0.6) is 0 Å². The molecule has 0 aliphatic rings. The zero-order valence-corrected chi connectivity index (χ0v) is 14.7. The molecule has 1 aromatic heterocycles. The Kier molecular flexibility index (Phi) is 4.32. The molecule has 0 spiro atoms. The Morgan fingerprint density at radius 1 is 1.12 bits per heavy atom. The Labute approximate surface area is 145 Å². The zero-order chi connectivity index (χ0) is 18.2. The summed E-state index contributed by atoms with van der Waals surface area (Å²) in [6, 6.07) is 13.9. The van der Waals surface area contributed by atoms with E-state index in [9.17, 15) is 13.2 Å². The van der Waals surface area contributed by atoms with E-state index in [1.54, 1.807) is 35.0 Å². The van der Waals surface area contributed by atoms with Crippen molar-refractivity contribution in [2.24, 2.45) is 5.73 Å². The van der Waals surface area contributed by atoms with Gasteiger partial charge >= 0.3 is 0 Å². The molecular formula is C17H18N4O3S. The van der Waals surface area contributed by atoms with Crippen molar-refractivity contribution in [2.75, 3.05) is 14.1 Å². The standard InChI is InChI=1S/C17H18N4O3S/c1-20(2)25(23,24)13-9-7-12(8-10-13)11-21-15-6-4-3-5-14(15)16(19-21)17(18)22/h3-10H,11H2,1-2H3,(H2,18,22). The lowest BCUT2D eigenvalue weighted by molar-refractivity contribution is 0.0996. The summed E-state index contributed by atoms with van der Waals surface area (Å²) in [5, 5.41) is 5.00. The van der Waals surface area contributed by atoms with Gasteiger partial charge in [0, 0.05) is 19.5 Å². The van der Waals surface area contributed by atoms with Gasteiger partial charge in [-0.2, -0.15) is 5.10 Å². The molecule has 0 fully saturated rings. The third-order valence-corrected chi connectivity index (χ3v) is 5.75. The molecule has 130 valence electrons. The van der Waals surface area contributed by atoms with Gasteiger partial charge in [0.15, 0.2) is 5.69 Å². The molecule has 25 heavy (non-hydrogen) atoms. The van der Waals surface area contributed by atoms with Crippen LogP contribution in [0.2, 0.25) is 0 Å². The maximum atomic E-state index is 12.1. The van der Waals surface area contributed by atoms with Crippen LogP contribution in [-0.4, -0.2) is 42.5 Å². The fourth-order valence-electron chi connectivity index (χ4n) is 2.58. The number of rotatable bonds is 5. The van der Waals surface area contributed by atoms with E-state index in [1.165, 1.54) is 18.4 Å². The second kappa shape index (κ2) is 6.30. The molecule has 1 amide bonds. The SMILES string of the molecule is CN(C)S(=O)(=O)c1ccc(Cn2nc(C(N)=O)c3ccccc32)cc1. The Morgan fingerprint density at radius 2 is 1.76 bits per heavy atom. The van der Waals surface area contributed by atoms with Crippen LogP contribution >= 0.6 is 0 Å². The van der Waals surface area contributed by atoms with E-state index in [4.69, 9.17) is 5.73 Å². The van der Waals surface area contributed by atoms with Crippen LogP contribution in [0, 0.1) is 0 Å². The summed E-state index contributed by atoms with van der Waals surface area (Å²) in [6.45, 7) is 0.399. The highest BCUT2D eigenvalue weighted by Gasteiger charge is 2.17. The second-order valence-corrected chi connectivity index (χ2v) is 7.97. The van der Waals surface area contributed by atoms with Crippen LogP contribution in [0.4, 0.5) is 0 Å². The van der Waals surface area contributed by atoms with E-state index in [2.05, 4.69) is 5.10 Å². The first-order chi connectivity index (χ1) is 11.8. The summed E-state index contributed by atoms with van der Waals surface area (Å²) < 4.78 is 27.1. The quantitative estimate of drug-likeness (QED) is 0.746. The summed E-state index contributed by atoms with van der Waals surface area (Å²) in [5.74, 6) is -0.581. The molecule has 0 atom stereocenters. The van der Waals surface area contributed by atoms with Gasteiger partial charge in [0.25, 0.3) is 5.91 Å². The first-order valence-corrected chi connectivity index (χ1v) is 9.01. The normalized spacial score (nSPS) is 12.0. The third kappa shape index (κ3) is 3.13. The van der Waals surface area contributed by atoms with Gasteiger partial charge in [-0.05, 0) is 23.8 Å². The predicted molar refractivity (Wildman–Crippen MR) is 94.7 cm³/mol. The second-order valence-electron chi connectivity index (χ2n) is 5.82. The molecule has 3 rings (SSSR count). The number of para-hydroxylation sites is 1. The smallest absolute Gasteiger partial charge is 0.269 e. The molecule has 3 aromatic rings. The molecule has 8 heteroatoms. The van der Waals surface area contributed by atoms with Gasteiger partial charge in [-0.15, -0.1) is 0 Å². The first kappa shape index (κ1) is 17.1. The Hall–Kier alpha value is -2.71. The number of primary amides is 1. The minimum atomic E-state index is -3.46. The van der Waals surface area contributed by atoms with Crippen molar-refractivity contribution in [3.63, 3.8) is 0 Å². The highest BCUT2D eigenvalue weighted by Crippen LogP contribution is 2.20. The van der Waals surface area contributed by atoms with Gasteiger partial charge in [0.1, 0.15) is 0 Å².